The first-order valence-electron chi connectivity index (χ1n) is 9.13. The molecule has 0 spiro atoms. The van der Waals surface area contributed by atoms with E-state index < -0.39 is 10.0 Å². The Hall–Kier alpha value is -2.05. The van der Waals surface area contributed by atoms with E-state index in [9.17, 15) is 13.2 Å². The second-order valence-corrected chi connectivity index (χ2v) is 9.41. The van der Waals surface area contributed by atoms with Crippen molar-refractivity contribution in [3.05, 3.63) is 63.7 Å². The number of halogens is 1. The SMILES string of the molecule is CCC(NC(=O)CN(c1ccc(C)c(Cl)c1)S(C)(=O)=O)c1ccc(C)cc1C. The fourth-order valence-electron chi connectivity index (χ4n) is 3.12. The second-order valence-electron chi connectivity index (χ2n) is 7.09. The lowest BCUT2D eigenvalue weighted by atomic mass is 9.97. The summed E-state index contributed by atoms with van der Waals surface area (Å²) in [5.74, 6) is -0.367. The molecule has 0 saturated carbocycles. The summed E-state index contributed by atoms with van der Waals surface area (Å²) in [5, 5.41) is 3.42. The van der Waals surface area contributed by atoms with Gasteiger partial charge in [-0.25, -0.2) is 8.42 Å². The highest BCUT2D eigenvalue weighted by Crippen LogP contribution is 2.25. The summed E-state index contributed by atoms with van der Waals surface area (Å²) in [6.45, 7) is 7.54. The molecule has 2 aromatic carbocycles. The standard InChI is InChI=1S/C21H27ClN2O3S/c1-6-20(18-10-7-14(2)11-16(18)4)23-21(25)13-24(28(5,26)27)17-9-8-15(3)19(22)12-17/h7-12,20H,6,13H2,1-5H3,(H,23,25). The molecule has 1 atom stereocenters. The highest BCUT2D eigenvalue weighted by Gasteiger charge is 2.23. The van der Waals surface area contributed by atoms with Gasteiger partial charge in [0.1, 0.15) is 6.54 Å². The zero-order valence-electron chi connectivity index (χ0n) is 16.9. The van der Waals surface area contributed by atoms with E-state index in [0.29, 0.717) is 17.1 Å². The van der Waals surface area contributed by atoms with Crippen LogP contribution in [0.1, 0.15) is 41.6 Å². The number of aryl methyl sites for hydroxylation is 3. The van der Waals surface area contributed by atoms with Crippen molar-refractivity contribution < 1.29 is 13.2 Å². The minimum Gasteiger partial charge on any atom is -0.348 e. The van der Waals surface area contributed by atoms with Crippen LogP contribution in [0.3, 0.4) is 0 Å². The summed E-state index contributed by atoms with van der Waals surface area (Å²) in [7, 11) is -3.65. The number of carbonyl (C=O) groups excluding carboxylic acids is 1. The molecule has 28 heavy (non-hydrogen) atoms. The first-order valence-corrected chi connectivity index (χ1v) is 11.4. The maximum atomic E-state index is 12.7. The Balaban J connectivity index is 2.24. The van der Waals surface area contributed by atoms with Crippen LogP contribution in [0.4, 0.5) is 5.69 Å². The number of carbonyl (C=O) groups is 1. The van der Waals surface area contributed by atoms with Gasteiger partial charge in [-0.1, -0.05) is 48.4 Å². The van der Waals surface area contributed by atoms with Gasteiger partial charge < -0.3 is 5.32 Å². The predicted molar refractivity (Wildman–Crippen MR) is 115 cm³/mol. The van der Waals surface area contributed by atoms with Crippen LogP contribution >= 0.6 is 11.6 Å². The molecule has 0 aliphatic carbocycles. The van der Waals surface area contributed by atoms with Gasteiger partial charge in [0.25, 0.3) is 0 Å². The third kappa shape index (κ3) is 5.49. The largest absolute Gasteiger partial charge is 0.348 e. The fourth-order valence-corrected chi connectivity index (χ4v) is 4.15. The normalized spacial score (nSPS) is 12.5. The smallest absolute Gasteiger partial charge is 0.241 e. The van der Waals surface area contributed by atoms with Crippen molar-refractivity contribution in [1.82, 2.24) is 5.32 Å². The molecular weight excluding hydrogens is 396 g/mol. The molecule has 0 saturated heterocycles. The minimum absolute atomic E-state index is 0.184. The van der Waals surface area contributed by atoms with Crippen LogP contribution in [-0.4, -0.2) is 27.1 Å². The lowest BCUT2D eigenvalue weighted by Gasteiger charge is -2.25. The molecule has 0 radical (unpaired) electrons. The lowest BCUT2D eigenvalue weighted by Crippen LogP contribution is -2.41. The zero-order valence-corrected chi connectivity index (χ0v) is 18.5. The van der Waals surface area contributed by atoms with Crippen LogP contribution < -0.4 is 9.62 Å². The Labute approximate surface area is 172 Å². The van der Waals surface area contributed by atoms with Gasteiger partial charge in [0.2, 0.25) is 15.9 Å². The van der Waals surface area contributed by atoms with Crippen molar-refractivity contribution in [3.63, 3.8) is 0 Å². The number of amides is 1. The van der Waals surface area contributed by atoms with E-state index in [1.54, 1.807) is 18.2 Å². The number of nitrogens with one attached hydrogen (secondary N) is 1. The lowest BCUT2D eigenvalue weighted by molar-refractivity contribution is -0.120. The van der Waals surface area contributed by atoms with Crippen molar-refractivity contribution >= 4 is 33.2 Å². The monoisotopic (exact) mass is 422 g/mol. The van der Waals surface area contributed by atoms with Gasteiger partial charge >= 0.3 is 0 Å². The maximum absolute atomic E-state index is 12.7. The van der Waals surface area contributed by atoms with Gasteiger partial charge in [0, 0.05) is 5.02 Å². The van der Waals surface area contributed by atoms with E-state index in [2.05, 4.69) is 11.4 Å². The molecule has 0 aromatic heterocycles. The summed E-state index contributed by atoms with van der Waals surface area (Å²) in [5.41, 5.74) is 4.49. The highest BCUT2D eigenvalue weighted by molar-refractivity contribution is 7.92. The van der Waals surface area contributed by atoms with Crippen LogP contribution in [0.2, 0.25) is 5.02 Å². The van der Waals surface area contributed by atoms with Gasteiger partial charge in [-0.3, -0.25) is 9.10 Å². The van der Waals surface area contributed by atoms with Gasteiger partial charge in [0.05, 0.1) is 18.0 Å². The molecule has 1 amide bonds. The summed E-state index contributed by atoms with van der Waals surface area (Å²) >= 11 is 6.14. The number of nitrogens with zero attached hydrogens (tertiary/aromatic N) is 1. The van der Waals surface area contributed by atoms with Crippen LogP contribution in [0, 0.1) is 20.8 Å². The maximum Gasteiger partial charge on any atom is 0.241 e. The van der Waals surface area contributed by atoms with Crippen LogP contribution in [0.25, 0.3) is 0 Å². The number of hydrogen-bond acceptors (Lipinski definition) is 3. The van der Waals surface area contributed by atoms with E-state index in [4.69, 9.17) is 11.6 Å². The molecule has 0 aliphatic rings. The molecular formula is C21H27ClN2O3S. The van der Waals surface area contributed by atoms with Gasteiger partial charge in [-0.05, 0) is 56.0 Å². The Morgan fingerprint density at radius 2 is 1.79 bits per heavy atom. The molecule has 5 nitrogen and oxygen atoms in total. The molecule has 2 rings (SSSR count). The first-order chi connectivity index (χ1) is 13.0. The van der Waals surface area contributed by atoms with Gasteiger partial charge in [0.15, 0.2) is 0 Å². The number of sulfonamides is 1. The van der Waals surface area contributed by atoms with Crippen molar-refractivity contribution in [3.8, 4) is 0 Å². The van der Waals surface area contributed by atoms with E-state index in [1.807, 2.05) is 39.8 Å². The summed E-state index contributed by atoms with van der Waals surface area (Å²) in [6.07, 6.45) is 1.78. The van der Waals surface area contributed by atoms with E-state index in [-0.39, 0.29) is 18.5 Å². The topological polar surface area (TPSA) is 66.5 Å². The zero-order chi connectivity index (χ0) is 21.1. The number of benzene rings is 2. The number of anilines is 1. The van der Waals surface area contributed by atoms with Crippen molar-refractivity contribution in [1.29, 1.82) is 0 Å². The molecule has 1 N–H and O–H groups in total. The number of hydrogen-bond donors (Lipinski definition) is 1. The molecule has 0 bridgehead atoms. The third-order valence-corrected chi connectivity index (χ3v) is 6.22. The Morgan fingerprint density at radius 3 is 2.32 bits per heavy atom. The predicted octanol–water partition coefficient (Wildman–Crippen LogP) is 4.30. The summed E-state index contributed by atoms with van der Waals surface area (Å²) in [6, 6.07) is 10.8. The van der Waals surface area contributed by atoms with Crippen molar-refractivity contribution in [2.75, 3.05) is 17.1 Å². The van der Waals surface area contributed by atoms with Crippen molar-refractivity contribution in [2.24, 2.45) is 0 Å². The minimum atomic E-state index is -3.65. The van der Waals surface area contributed by atoms with E-state index in [0.717, 1.165) is 32.8 Å². The molecule has 0 aliphatic heterocycles. The highest BCUT2D eigenvalue weighted by atomic mass is 35.5. The molecule has 2 aromatic rings. The molecule has 1 unspecified atom stereocenters. The van der Waals surface area contributed by atoms with Gasteiger partial charge in [-0.2, -0.15) is 0 Å². The Kier molecular flexibility index (Phi) is 7.12. The third-order valence-electron chi connectivity index (χ3n) is 4.68. The van der Waals surface area contributed by atoms with Crippen LogP contribution in [0.5, 0.6) is 0 Å². The molecule has 0 fully saturated rings. The second kappa shape index (κ2) is 8.97. The van der Waals surface area contributed by atoms with Crippen LogP contribution in [0.15, 0.2) is 36.4 Å². The molecule has 152 valence electrons. The molecule has 0 heterocycles. The summed E-state index contributed by atoms with van der Waals surface area (Å²) < 4.78 is 25.6. The van der Waals surface area contributed by atoms with E-state index >= 15 is 0 Å². The fraction of sp³-hybridized carbons (Fsp3) is 0.381. The summed E-state index contributed by atoms with van der Waals surface area (Å²) in [4.78, 5) is 12.7. The Morgan fingerprint density at radius 1 is 1.11 bits per heavy atom. The van der Waals surface area contributed by atoms with E-state index in [1.165, 1.54) is 0 Å². The Bertz CT molecular complexity index is 974. The van der Waals surface area contributed by atoms with Gasteiger partial charge in [-0.15, -0.1) is 0 Å². The average molecular weight is 423 g/mol. The first kappa shape index (κ1) is 22.2. The van der Waals surface area contributed by atoms with Crippen LogP contribution in [-0.2, 0) is 14.8 Å². The quantitative estimate of drug-likeness (QED) is 0.723. The van der Waals surface area contributed by atoms with Crippen molar-refractivity contribution in [2.45, 2.75) is 40.2 Å². The molecule has 7 heteroatoms. The average Bonchev–Trinajstić information content (AvgIpc) is 2.59. The number of rotatable bonds is 7.